The number of carbonyl (C=O) groups is 1. The summed E-state index contributed by atoms with van der Waals surface area (Å²) in [6.07, 6.45) is 0. The van der Waals surface area contributed by atoms with Crippen molar-refractivity contribution in [2.24, 2.45) is 0 Å². The van der Waals surface area contributed by atoms with Crippen molar-refractivity contribution < 1.29 is 4.79 Å². The van der Waals surface area contributed by atoms with Crippen molar-refractivity contribution in [2.75, 3.05) is 22.5 Å². The number of hydrogen-bond acceptors (Lipinski definition) is 3. The van der Waals surface area contributed by atoms with Crippen molar-refractivity contribution >= 4 is 28.7 Å². The number of nitrogens with two attached hydrogens (primary N) is 1. The molecule has 0 spiro atoms. The minimum absolute atomic E-state index is 0.00632. The number of benzene rings is 2. The van der Waals surface area contributed by atoms with E-state index in [2.05, 4.69) is 5.32 Å². The minimum Gasteiger partial charge on any atom is -0.399 e. The first-order valence-electron chi connectivity index (χ1n) is 6.18. The molecule has 0 aromatic heterocycles. The maximum Gasteiger partial charge on any atom is 0.244 e. The number of amides is 1. The van der Waals surface area contributed by atoms with Crippen molar-refractivity contribution in [3.05, 3.63) is 48.0 Å². The van der Waals surface area contributed by atoms with Crippen molar-refractivity contribution in [1.82, 2.24) is 0 Å². The van der Waals surface area contributed by atoms with E-state index in [4.69, 9.17) is 5.73 Å². The zero-order chi connectivity index (χ0) is 13.4. The number of anilines is 4. The van der Waals surface area contributed by atoms with E-state index in [1.54, 1.807) is 0 Å². The first-order valence-corrected chi connectivity index (χ1v) is 6.18. The highest BCUT2D eigenvalue weighted by Gasteiger charge is 2.22. The fourth-order valence-corrected chi connectivity index (χ4v) is 2.29. The number of para-hydroxylation sites is 2. The van der Waals surface area contributed by atoms with E-state index in [-0.39, 0.29) is 5.91 Å². The molecule has 1 amide bonds. The van der Waals surface area contributed by atoms with Crippen LogP contribution in [0.1, 0.15) is 5.56 Å². The summed E-state index contributed by atoms with van der Waals surface area (Å²) in [6.45, 7) is 2.29. The van der Waals surface area contributed by atoms with E-state index in [0.29, 0.717) is 6.54 Å². The van der Waals surface area contributed by atoms with E-state index in [0.717, 1.165) is 28.3 Å². The highest BCUT2D eigenvalue weighted by Crippen LogP contribution is 2.35. The molecule has 0 aliphatic carbocycles. The maximum atomic E-state index is 11.8. The van der Waals surface area contributed by atoms with Gasteiger partial charge in [-0.1, -0.05) is 12.1 Å². The van der Waals surface area contributed by atoms with E-state index >= 15 is 0 Å². The zero-order valence-electron chi connectivity index (χ0n) is 10.7. The molecule has 4 nitrogen and oxygen atoms in total. The van der Waals surface area contributed by atoms with Crippen LogP contribution < -0.4 is 16.0 Å². The highest BCUT2D eigenvalue weighted by molar-refractivity contribution is 6.03. The van der Waals surface area contributed by atoms with Gasteiger partial charge in [0.25, 0.3) is 0 Å². The molecule has 2 aromatic carbocycles. The van der Waals surface area contributed by atoms with Gasteiger partial charge >= 0.3 is 0 Å². The topological polar surface area (TPSA) is 58.4 Å². The van der Waals surface area contributed by atoms with Crippen LogP contribution in [0.15, 0.2) is 42.5 Å². The number of nitrogens with zero attached hydrogens (tertiary/aromatic N) is 1. The van der Waals surface area contributed by atoms with Crippen LogP contribution in [-0.2, 0) is 4.79 Å². The van der Waals surface area contributed by atoms with Crippen LogP contribution in [0.2, 0.25) is 0 Å². The molecule has 2 aromatic rings. The summed E-state index contributed by atoms with van der Waals surface area (Å²) in [4.78, 5) is 13.8. The summed E-state index contributed by atoms with van der Waals surface area (Å²) < 4.78 is 0. The fourth-order valence-electron chi connectivity index (χ4n) is 2.29. The van der Waals surface area contributed by atoms with Crippen LogP contribution in [0, 0.1) is 6.92 Å². The predicted octanol–water partition coefficient (Wildman–Crippen LogP) is 2.67. The second kappa shape index (κ2) is 4.31. The van der Waals surface area contributed by atoms with Gasteiger partial charge in [-0.3, -0.25) is 4.79 Å². The second-order valence-electron chi connectivity index (χ2n) is 4.69. The lowest BCUT2D eigenvalue weighted by atomic mass is 10.1. The average molecular weight is 253 g/mol. The van der Waals surface area contributed by atoms with Crippen LogP contribution in [0.3, 0.4) is 0 Å². The molecular formula is C15H15N3O. The Morgan fingerprint density at radius 3 is 2.79 bits per heavy atom. The van der Waals surface area contributed by atoms with Gasteiger partial charge in [0.1, 0.15) is 6.54 Å². The number of rotatable bonds is 1. The molecule has 4 heteroatoms. The van der Waals surface area contributed by atoms with Crippen molar-refractivity contribution in [2.45, 2.75) is 6.92 Å². The number of fused-ring (bicyclic) bond motifs is 1. The number of carbonyl (C=O) groups excluding carboxylic acids is 1. The van der Waals surface area contributed by atoms with Gasteiger partial charge in [-0.2, -0.15) is 0 Å². The lowest BCUT2D eigenvalue weighted by Gasteiger charge is -2.31. The molecule has 3 N–H and O–H groups in total. The molecule has 0 bridgehead atoms. The molecular weight excluding hydrogens is 238 g/mol. The Hall–Kier alpha value is -2.49. The van der Waals surface area contributed by atoms with E-state index in [1.807, 2.05) is 54.3 Å². The number of nitrogens with one attached hydrogen (secondary N) is 1. The summed E-state index contributed by atoms with van der Waals surface area (Å²) in [7, 11) is 0. The molecule has 0 saturated carbocycles. The lowest BCUT2D eigenvalue weighted by Crippen LogP contribution is -2.34. The number of aryl methyl sites for hydroxylation is 1. The van der Waals surface area contributed by atoms with Crippen molar-refractivity contribution in [3.8, 4) is 0 Å². The summed E-state index contributed by atoms with van der Waals surface area (Å²) >= 11 is 0. The molecule has 0 atom stereocenters. The first-order chi connectivity index (χ1) is 9.15. The summed E-state index contributed by atoms with van der Waals surface area (Å²) in [6, 6.07) is 13.6. The van der Waals surface area contributed by atoms with Gasteiger partial charge in [0.15, 0.2) is 0 Å². The molecule has 0 radical (unpaired) electrons. The highest BCUT2D eigenvalue weighted by atomic mass is 16.2. The maximum absolute atomic E-state index is 11.8. The van der Waals surface area contributed by atoms with Crippen molar-refractivity contribution in [3.63, 3.8) is 0 Å². The summed E-state index contributed by atoms with van der Waals surface area (Å²) in [5.41, 5.74) is 10.4. The fraction of sp³-hybridized carbons (Fsp3) is 0.133. The van der Waals surface area contributed by atoms with Crippen LogP contribution >= 0.6 is 0 Å². The number of nitrogen functional groups attached to an aromatic ring is 1. The van der Waals surface area contributed by atoms with Gasteiger partial charge in [0, 0.05) is 11.4 Å². The third-order valence-corrected chi connectivity index (χ3v) is 3.34. The average Bonchev–Trinajstić information content (AvgIpc) is 2.41. The smallest absolute Gasteiger partial charge is 0.244 e. The standard InChI is InChI=1S/C15H15N3O/c1-10-8-11(6-7-12(10)16)18-9-15(19)17-13-4-2-3-5-14(13)18/h2-8H,9,16H2,1H3,(H,17,19). The normalized spacial score (nSPS) is 13.9. The van der Waals surface area contributed by atoms with E-state index in [1.165, 1.54) is 0 Å². The molecule has 19 heavy (non-hydrogen) atoms. The molecule has 1 heterocycles. The molecule has 96 valence electrons. The third kappa shape index (κ3) is 2.01. The van der Waals surface area contributed by atoms with Gasteiger partial charge in [-0.25, -0.2) is 0 Å². The molecule has 3 rings (SSSR count). The molecule has 0 fully saturated rings. The first kappa shape index (κ1) is 11.6. The van der Waals surface area contributed by atoms with Gasteiger partial charge in [-0.05, 0) is 42.8 Å². The minimum atomic E-state index is -0.00632. The van der Waals surface area contributed by atoms with Crippen LogP contribution in [-0.4, -0.2) is 12.5 Å². The SMILES string of the molecule is Cc1cc(N2CC(=O)Nc3ccccc32)ccc1N. The molecule has 1 aliphatic rings. The molecule has 1 aliphatic heterocycles. The molecule has 0 saturated heterocycles. The molecule has 0 unspecified atom stereocenters. The predicted molar refractivity (Wildman–Crippen MR) is 77.7 cm³/mol. The van der Waals surface area contributed by atoms with Gasteiger partial charge in [-0.15, -0.1) is 0 Å². The third-order valence-electron chi connectivity index (χ3n) is 3.34. The quantitative estimate of drug-likeness (QED) is 0.768. The Morgan fingerprint density at radius 2 is 2.00 bits per heavy atom. The van der Waals surface area contributed by atoms with Crippen LogP contribution in [0.5, 0.6) is 0 Å². The van der Waals surface area contributed by atoms with E-state index in [9.17, 15) is 4.79 Å². The Kier molecular flexibility index (Phi) is 2.63. The zero-order valence-corrected chi connectivity index (χ0v) is 10.7. The Labute approximate surface area is 111 Å². The van der Waals surface area contributed by atoms with Gasteiger partial charge in [0.05, 0.1) is 11.4 Å². The Morgan fingerprint density at radius 1 is 1.21 bits per heavy atom. The van der Waals surface area contributed by atoms with Crippen LogP contribution in [0.25, 0.3) is 0 Å². The van der Waals surface area contributed by atoms with Crippen molar-refractivity contribution in [1.29, 1.82) is 0 Å². The Bertz CT molecular complexity index is 652. The lowest BCUT2D eigenvalue weighted by molar-refractivity contribution is -0.115. The monoisotopic (exact) mass is 253 g/mol. The van der Waals surface area contributed by atoms with Crippen LogP contribution in [0.4, 0.5) is 22.7 Å². The largest absolute Gasteiger partial charge is 0.399 e. The summed E-state index contributed by atoms with van der Waals surface area (Å²) in [5, 5.41) is 2.88. The Balaban J connectivity index is 2.09. The second-order valence-corrected chi connectivity index (χ2v) is 4.69. The van der Waals surface area contributed by atoms with E-state index < -0.39 is 0 Å². The van der Waals surface area contributed by atoms with Gasteiger partial charge < -0.3 is 16.0 Å². The number of hydrogen-bond donors (Lipinski definition) is 2. The van der Waals surface area contributed by atoms with Gasteiger partial charge in [0.2, 0.25) is 5.91 Å². The summed E-state index contributed by atoms with van der Waals surface area (Å²) in [5.74, 6) is -0.00632.